The van der Waals surface area contributed by atoms with Crippen LogP contribution >= 0.6 is 11.6 Å². The Bertz CT molecular complexity index is 696. The van der Waals surface area contributed by atoms with E-state index in [2.05, 4.69) is 10.1 Å². The molecule has 22 heavy (non-hydrogen) atoms. The van der Waals surface area contributed by atoms with Crippen LogP contribution in [0.5, 0.6) is 0 Å². The van der Waals surface area contributed by atoms with Crippen molar-refractivity contribution < 1.29 is 23.5 Å². The number of carbonyl (C=O) groups excluding carboxylic acids is 1. The van der Waals surface area contributed by atoms with Crippen LogP contribution in [-0.4, -0.2) is 29.3 Å². The third-order valence-electron chi connectivity index (χ3n) is 2.75. The van der Waals surface area contributed by atoms with E-state index in [1.54, 1.807) is 24.3 Å². The zero-order chi connectivity index (χ0) is 15.4. The third-order valence-corrected chi connectivity index (χ3v) is 3.00. The number of rotatable bonds is 4. The van der Waals surface area contributed by atoms with E-state index in [4.69, 9.17) is 30.3 Å². The molecule has 2 heterocycles. The van der Waals surface area contributed by atoms with Crippen LogP contribution < -0.4 is 0 Å². The lowest BCUT2D eigenvalue weighted by molar-refractivity contribution is -0.146. The van der Waals surface area contributed by atoms with Gasteiger partial charge in [0, 0.05) is 10.6 Å². The second-order valence-corrected chi connectivity index (χ2v) is 4.73. The smallest absolute Gasteiger partial charge is 0.377 e. The Morgan fingerprint density at radius 2 is 2.09 bits per heavy atom. The highest BCUT2D eigenvalue weighted by atomic mass is 35.5. The van der Waals surface area contributed by atoms with E-state index >= 15 is 0 Å². The van der Waals surface area contributed by atoms with Crippen LogP contribution in [0.4, 0.5) is 0 Å². The molecule has 0 atom stereocenters. The molecular formula is C14H11ClN2O5. The van der Waals surface area contributed by atoms with Crippen LogP contribution in [0.2, 0.25) is 5.02 Å². The van der Waals surface area contributed by atoms with Crippen molar-refractivity contribution in [3.63, 3.8) is 0 Å². The van der Waals surface area contributed by atoms with Crippen LogP contribution in [0.1, 0.15) is 5.89 Å². The molecule has 1 aliphatic heterocycles. The van der Waals surface area contributed by atoms with Crippen molar-refractivity contribution in [3.05, 3.63) is 47.2 Å². The van der Waals surface area contributed by atoms with Gasteiger partial charge in [0.15, 0.2) is 6.61 Å². The third kappa shape index (κ3) is 3.37. The maximum Gasteiger partial charge on any atom is 0.377 e. The lowest BCUT2D eigenvalue weighted by Gasteiger charge is -2.13. The summed E-state index contributed by atoms with van der Waals surface area (Å²) in [6.45, 7) is 0.563. The molecule has 3 rings (SSSR count). The molecule has 0 unspecified atom stereocenters. The summed E-state index contributed by atoms with van der Waals surface area (Å²) in [7, 11) is 0. The number of aromatic nitrogens is 2. The first-order valence-electron chi connectivity index (χ1n) is 6.42. The van der Waals surface area contributed by atoms with Crippen molar-refractivity contribution in [2.24, 2.45) is 0 Å². The highest BCUT2D eigenvalue weighted by Gasteiger charge is 2.18. The van der Waals surface area contributed by atoms with Crippen molar-refractivity contribution >= 4 is 17.6 Å². The van der Waals surface area contributed by atoms with Crippen molar-refractivity contribution in [1.82, 2.24) is 10.1 Å². The average Bonchev–Trinajstić information content (AvgIpc) is 3.03. The van der Waals surface area contributed by atoms with E-state index in [-0.39, 0.29) is 18.3 Å². The van der Waals surface area contributed by atoms with Crippen LogP contribution in [0.15, 0.2) is 40.8 Å². The second kappa shape index (κ2) is 6.48. The number of nitrogens with zero attached hydrogens (tertiary/aromatic N) is 2. The van der Waals surface area contributed by atoms with Crippen LogP contribution in [0.25, 0.3) is 11.4 Å². The van der Waals surface area contributed by atoms with Gasteiger partial charge in [0.1, 0.15) is 19.5 Å². The normalized spacial score (nSPS) is 13.8. The Hall–Kier alpha value is -2.54. The summed E-state index contributed by atoms with van der Waals surface area (Å²) in [5.41, 5.74) is 0.748. The van der Waals surface area contributed by atoms with E-state index in [9.17, 15) is 4.79 Å². The van der Waals surface area contributed by atoms with Crippen molar-refractivity contribution in [1.29, 1.82) is 0 Å². The van der Waals surface area contributed by atoms with Gasteiger partial charge in [0.05, 0.1) is 0 Å². The number of halogens is 1. The Labute approximate surface area is 130 Å². The van der Waals surface area contributed by atoms with Gasteiger partial charge in [-0.2, -0.15) is 4.98 Å². The molecule has 1 aromatic carbocycles. The second-order valence-electron chi connectivity index (χ2n) is 4.30. The number of hydrogen-bond acceptors (Lipinski definition) is 7. The minimum absolute atomic E-state index is 0.0173. The van der Waals surface area contributed by atoms with Gasteiger partial charge in [-0.3, -0.25) is 0 Å². The van der Waals surface area contributed by atoms with Crippen molar-refractivity contribution in [2.75, 3.05) is 13.2 Å². The summed E-state index contributed by atoms with van der Waals surface area (Å²) in [6.07, 6.45) is 1.22. The van der Waals surface area contributed by atoms with E-state index in [0.29, 0.717) is 24.1 Å². The Balaban J connectivity index is 1.61. The molecule has 0 aliphatic carbocycles. The first-order valence-corrected chi connectivity index (χ1v) is 6.80. The molecule has 114 valence electrons. The average molecular weight is 323 g/mol. The maximum absolute atomic E-state index is 11.7. The van der Waals surface area contributed by atoms with E-state index in [1.165, 1.54) is 6.26 Å². The van der Waals surface area contributed by atoms with E-state index < -0.39 is 5.97 Å². The SMILES string of the molecule is O=C(OCc1nc(-c2ccc(Cl)cc2)no1)C1=COCCO1. The quantitative estimate of drug-likeness (QED) is 0.799. The summed E-state index contributed by atoms with van der Waals surface area (Å²) >= 11 is 5.81. The fourth-order valence-corrected chi connectivity index (χ4v) is 1.83. The zero-order valence-corrected chi connectivity index (χ0v) is 12.1. The standard InChI is InChI=1S/C14H11ClN2O5/c15-10-3-1-9(2-4-10)13-16-12(22-17-13)8-21-14(18)11-7-19-5-6-20-11/h1-4,7H,5-6,8H2. The summed E-state index contributed by atoms with van der Waals surface area (Å²) in [5, 5.41) is 4.43. The molecule has 0 saturated heterocycles. The minimum atomic E-state index is -0.647. The summed E-state index contributed by atoms with van der Waals surface area (Å²) in [6, 6.07) is 6.97. The van der Waals surface area contributed by atoms with Gasteiger partial charge in [0.25, 0.3) is 5.89 Å². The predicted octanol–water partition coefficient (Wildman–Crippen LogP) is 2.32. The van der Waals surface area contributed by atoms with Gasteiger partial charge in [-0.05, 0) is 24.3 Å². The Kier molecular flexibility index (Phi) is 4.24. The summed E-state index contributed by atoms with van der Waals surface area (Å²) in [5.74, 6) is -0.0653. The predicted molar refractivity (Wildman–Crippen MR) is 74.5 cm³/mol. The highest BCUT2D eigenvalue weighted by molar-refractivity contribution is 6.30. The van der Waals surface area contributed by atoms with Crippen molar-refractivity contribution in [2.45, 2.75) is 6.61 Å². The highest BCUT2D eigenvalue weighted by Crippen LogP contribution is 2.19. The van der Waals surface area contributed by atoms with Gasteiger partial charge < -0.3 is 18.7 Å². The Morgan fingerprint density at radius 3 is 2.82 bits per heavy atom. The van der Waals surface area contributed by atoms with Crippen LogP contribution in [0.3, 0.4) is 0 Å². The minimum Gasteiger partial charge on any atom is -0.493 e. The molecule has 1 aliphatic rings. The number of carbonyl (C=O) groups is 1. The summed E-state index contributed by atoms with van der Waals surface area (Å²) in [4.78, 5) is 15.8. The first-order chi connectivity index (χ1) is 10.7. The van der Waals surface area contributed by atoms with E-state index in [0.717, 1.165) is 5.56 Å². The van der Waals surface area contributed by atoms with Gasteiger partial charge in [0.2, 0.25) is 11.6 Å². The summed E-state index contributed by atoms with van der Waals surface area (Å²) < 4.78 is 20.1. The number of ether oxygens (including phenoxy) is 3. The molecule has 1 aromatic heterocycles. The number of hydrogen-bond donors (Lipinski definition) is 0. The van der Waals surface area contributed by atoms with E-state index in [1.807, 2.05) is 0 Å². The Morgan fingerprint density at radius 1 is 1.27 bits per heavy atom. The van der Waals surface area contributed by atoms with Gasteiger partial charge >= 0.3 is 5.97 Å². The number of benzene rings is 1. The first kappa shape index (κ1) is 14.4. The molecular weight excluding hydrogens is 312 g/mol. The molecule has 0 saturated carbocycles. The molecule has 8 heteroatoms. The lowest BCUT2D eigenvalue weighted by atomic mass is 10.2. The van der Waals surface area contributed by atoms with Crippen molar-refractivity contribution in [3.8, 4) is 11.4 Å². The monoisotopic (exact) mass is 322 g/mol. The maximum atomic E-state index is 11.7. The molecule has 0 fully saturated rings. The molecule has 0 amide bonds. The molecule has 0 bridgehead atoms. The van der Waals surface area contributed by atoms with Gasteiger partial charge in [-0.25, -0.2) is 4.79 Å². The molecule has 0 radical (unpaired) electrons. The molecule has 0 N–H and O–H groups in total. The molecule has 7 nitrogen and oxygen atoms in total. The van der Waals surface area contributed by atoms with Gasteiger partial charge in [-0.15, -0.1) is 0 Å². The molecule has 0 spiro atoms. The molecule has 2 aromatic rings. The zero-order valence-electron chi connectivity index (χ0n) is 11.3. The topological polar surface area (TPSA) is 83.7 Å². The largest absolute Gasteiger partial charge is 0.493 e. The van der Waals surface area contributed by atoms with Gasteiger partial charge in [-0.1, -0.05) is 16.8 Å². The lowest BCUT2D eigenvalue weighted by Crippen LogP contribution is -2.17. The van der Waals surface area contributed by atoms with Crippen LogP contribution in [0, 0.1) is 0 Å². The van der Waals surface area contributed by atoms with Crippen LogP contribution in [-0.2, 0) is 25.6 Å². The fourth-order valence-electron chi connectivity index (χ4n) is 1.70. The number of esters is 1. The fraction of sp³-hybridized carbons (Fsp3) is 0.214.